The lowest BCUT2D eigenvalue weighted by Crippen LogP contribution is -2.23. The summed E-state index contributed by atoms with van der Waals surface area (Å²) < 4.78 is 5.32. The number of carbonyl (C=O) groups is 1. The molecular formula is C19H20N4O2S. The van der Waals surface area contributed by atoms with Gasteiger partial charge in [0.2, 0.25) is 11.9 Å². The molecule has 0 spiro atoms. The Hall–Kier alpha value is -2.80. The summed E-state index contributed by atoms with van der Waals surface area (Å²) in [6.07, 6.45) is 0. The summed E-state index contributed by atoms with van der Waals surface area (Å²) >= 11 is 1.57. The summed E-state index contributed by atoms with van der Waals surface area (Å²) in [5.74, 6) is 2.13. The van der Waals surface area contributed by atoms with E-state index in [1.807, 2.05) is 61.5 Å². The van der Waals surface area contributed by atoms with Crippen LogP contribution < -0.4 is 10.1 Å². The van der Waals surface area contributed by atoms with Crippen molar-refractivity contribution in [3.05, 3.63) is 60.2 Å². The van der Waals surface area contributed by atoms with Crippen molar-refractivity contribution in [1.82, 2.24) is 15.2 Å². The molecule has 0 saturated carbocycles. The van der Waals surface area contributed by atoms with Crippen LogP contribution in [0.3, 0.4) is 0 Å². The van der Waals surface area contributed by atoms with E-state index in [0.717, 1.165) is 11.3 Å². The minimum atomic E-state index is -0.219. The molecule has 2 aromatic carbocycles. The number of anilines is 1. The average molecular weight is 368 g/mol. The quantitative estimate of drug-likeness (QED) is 0.664. The Morgan fingerprint density at radius 3 is 2.69 bits per heavy atom. The largest absolute Gasteiger partial charge is 0.496 e. The maximum absolute atomic E-state index is 12.4. The second-order valence-electron chi connectivity index (χ2n) is 5.64. The average Bonchev–Trinajstić information content (AvgIpc) is 3.15. The van der Waals surface area contributed by atoms with E-state index in [9.17, 15) is 4.79 Å². The Kier molecular flexibility index (Phi) is 5.91. The van der Waals surface area contributed by atoms with Crippen LogP contribution in [0.5, 0.6) is 5.75 Å². The monoisotopic (exact) mass is 368 g/mol. The zero-order valence-electron chi connectivity index (χ0n) is 14.6. The van der Waals surface area contributed by atoms with Crippen molar-refractivity contribution in [2.45, 2.75) is 17.9 Å². The number of aromatic nitrogens is 3. The van der Waals surface area contributed by atoms with Gasteiger partial charge in [-0.2, -0.15) is 4.98 Å². The van der Waals surface area contributed by atoms with Gasteiger partial charge in [0.25, 0.3) is 0 Å². The Bertz CT molecular complexity index is 867. The van der Waals surface area contributed by atoms with Gasteiger partial charge >= 0.3 is 0 Å². The van der Waals surface area contributed by atoms with Crippen LogP contribution in [0.2, 0.25) is 0 Å². The fourth-order valence-electron chi connectivity index (χ4n) is 2.36. The summed E-state index contributed by atoms with van der Waals surface area (Å²) in [7, 11) is 1.60. The lowest BCUT2D eigenvalue weighted by molar-refractivity contribution is -0.115. The summed E-state index contributed by atoms with van der Waals surface area (Å²) in [6, 6.07) is 17.6. The number of hydrogen-bond donors (Lipinski definition) is 2. The van der Waals surface area contributed by atoms with Gasteiger partial charge in [0, 0.05) is 5.75 Å². The SMILES string of the molecule is COc1ccccc1-c1nc(NC(=O)C(C)SCc2ccccc2)n[nH]1. The molecule has 2 N–H and O–H groups in total. The number of para-hydroxylation sites is 1. The molecule has 6 nitrogen and oxygen atoms in total. The molecule has 0 aliphatic carbocycles. The van der Waals surface area contributed by atoms with Crippen LogP contribution in [0.15, 0.2) is 54.6 Å². The highest BCUT2D eigenvalue weighted by atomic mass is 32.2. The number of aromatic amines is 1. The van der Waals surface area contributed by atoms with Gasteiger partial charge in [-0.15, -0.1) is 16.9 Å². The first-order valence-corrected chi connectivity index (χ1v) is 9.24. The summed E-state index contributed by atoms with van der Waals surface area (Å²) in [5.41, 5.74) is 1.98. The predicted octanol–water partition coefficient (Wildman–Crippen LogP) is 3.74. The van der Waals surface area contributed by atoms with Crippen molar-refractivity contribution in [3.8, 4) is 17.1 Å². The number of carbonyl (C=O) groups excluding carboxylic acids is 1. The van der Waals surface area contributed by atoms with Gasteiger partial charge in [0.1, 0.15) is 5.75 Å². The molecule has 0 bridgehead atoms. The topological polar surface area (TPSA) is 79.9 Å². The molecule has 26 heavy (non-hydrogen) atoms. The first kappa shape index (κ1) is 18.0. The van der Waals surface area contributed by atoms with Crippen LogP contribution >= 0.6 is 11.8 Å². The number of ether oxygens (including phenoxy) is 1. The van der Waals surface area contributed by atoms with Crippen molar-refractivity contribution in [3.63, 3.8) is 0 Å². The highest BCUT2D eigenvalue weighted by Gasteiger charge is 2.17. The lowest BCUT2D eigenvalue weighted by Gasteiger charge is -2.10. The van der Waals surface area contributed by atoms with E-state index in [2.05, 4.69) is 20.5 Å². The number of hydrogen-bond acceptors (Lipinski definition) is 5. The molecule has 0 aliphatic rings. The van der Waals surface area contributed by atoms with Crippen LogP contribution in [-0.4, -0.2) is 33.4 Å². The molecule has 1 unspecified atom stereocenters. The molecule has 0 saturated heterocycles. The molecule has 7 heteroatoms. The molecule has 134 valence electrons. The Morgan fingerprint density at radius 2 is 1.92 bits per heavy atom. The second kappa shape index (κ2) is 8.53. The smallest absolute Gasteiger partial charge is 0.249 e. The molecule has 0 aliphatic heterocycles. The van der Waals surface area contributed by atoms with E-state index in [1.54, 1.807) is 18.9 Å². The van der Waals surface area contributed by atoms with E-state index in [1.165, 1.54) is 5.56 Å². The second-order valence-corrected chi connectivity index (χ2v) is 6.97. The summed E-state index contributed by atoms with van der Waals surface area (Å²) in [6.45, 7) is 1.87. The van der Waals surface area contributed by atoms with Gasteiger partial charge in [0.15, 0.2) is 5.82 Å². The van der Waals surface area contributed by atoms with Gasteiger partial charge in [0.05, 0.1) is 17.9 Å². The minimum Gasteiger partial charge on any atom is -0.496 e. The number of thioether (sulfide) groups is 1. The van der Waals surface area contributed by atoms with Crippen LogP contribution in [0, 0.1) is 0 Å². The fourth-order valence-corrected chi connectivity index (χ4v) is 3.21. The van der Waals surface area contributed by atoms with Gasteiger partial charge in [-0.3, -0.25) is 15.2 Å². The van der Waals surface area contributed by atoms with Gasteiger partial charge in [-0.05, 0) is 24.6 Å². The normalized spacial score (nSPS) is 11.8. The predicted molar refractivity (Wildman–Crippen MR) is 104 cm³/mol. The Balaban J connectivity index is 1.60. The van der Waals surface area contributed by atoms with Crippen molar-refractivity contribution in [2.75, 3.05) is 12.4 Å². The van der Waals surface area contributed by atoms with Crippen LogP contribution in [0.25, 0.3) is 11.4 Å². The molecule has 1 aromatic heterocycles. The first-order valence-electron chi connectivity index (χ1n) is 8.19. The number of H-pyrrole nitrogens is 1. The highest BCUT2D eigenvalue weighted by Crippen LogP contribution is 2.27. The highest BCUT2D eigenvalue weighted by molar-refractivity contribution is 7.99. The standard InChI is InChI=1S/C19H20N4O2S/c1-13(26-12-14-8-4-3-5-9-14)18(24)21-19-20-17(22-23-19)15-10-6-7-11-16(15)25-2/h3-11,13H,12H2,1-2H3,(H2,20,21,22,23,24). The number of nitrogens with one attached hydrogen (secondary N) is 2. The van der Waals surface area contributed by atoms with Gasteiger partial charge in [-0.1, -0.05) is 42.5 Å². The van der Waals surface area contributed by atoms with Gasteiger partial charge in [-0.25, -0.2) is 0 Å². The Labute approximate surface area is 156 Å². The van der Waals surface area contributed by atoms with Crippen molar-refractivity contribution >= 4 is 23.6 Å². The number of rotatable bonds is 7. The fraction of sp³-hybridized carbons (Fsp3) is 0.211. The summed E-state index contributed by atoms with van der Waals surface area (Å²) in [5, 5.41) is 9.44. The van der Waals surface area contributed by atoms with E-state index in [0.29, 0.717) is 11.6 Å². The number of benzene rings is 2. The van der Waals surface area contributed by atoms with E-state index >= 15 is 0 Å². The third kappa shape index (κ3) is 4.43. The number of methoxy groups -OCH3 is 1. The molecule has 1 atom stereocenters. The van der Waals surface area contributed by atoms with E-state index < -0.39 is 0 Å². The van der Waals surface area contributed by atoms with Crippen molar-refractivity contribution < 1.29 is 9.53 Å². The molecule has 0 radical (unpaired) electrons. The lowest BCUT2D eigenvalue weighted by atomic mass is 10.2. The van der Waals surface area contributed by atoms with Gasteiger partial charge < -0.3 is 4.74 Å². The molecule has 3 aromatic rings. The summed E-state index contributed by atoms with van der Waals surface area (Å²) in [4.78, 5) is 16.7. The zero-order valence-corrected chi connectivity index (χ0v) is 15.4. The van der Waals surface area contributed by atoms with E-state index in [-0.39, 0.29) is 17.1 Å². The molecule has 1 amide bonds. The van der Waals surface area contributed by atoms with Crippen LogP contribution in [0.1, 0.15) is 12.5 Å². The molecule has 3 rings (SSSR count). The zero-order chi connectivity index (χ0) is 18.4. The maximum atomic E-state index is 12.4. The Morgan fingerprint density at radius 1 is 1.19 bits per heavy atom. The van der Waals surface area contributed by atoms with Crippen LogP contribution in [0.4, 0.5) is 5.95 Å². The van der Waals surface area contributed by atoms with Crippen molar-refractivity contribution in [1.29, 1.82) is 0 Å². The molecular weight excluding hydrogens is 348 g/mol. The van der Waals surface area contributed by atoms with Crippen LogP contribution in [-0.2, 0) is 10.5 Å². The number of amides is 1. The van der Waals surface area contributed by atoms with E-state index in [4.69, 9.17) is 4.74 Å². The number of nitrogens with zero attached hydrogens (tertiary/aromatic N) is 2. The minimum absolute atomic E-state index is 0.128. The molecule has 1 heterocycles. The third-order valence-electron chi connectivity index (χ3n) is 3.79. The van der Waals surface area contributed by atoms with Crippen molar-refractivity contribution in [2.24, 2.45) is 0 Å². The third-order valence-corrected chi connectivity index (χ3v) is 5.01. The maximum Gasteiger partial charge on any atom is 0.249 e. The molecule has 0 fully saturated rings. The first-order chi connectivity index (χ1) is 12.7.